The van der Waals surface area contributed by atoms with Crippen LogP contribution in [0, 0.1) is 5.92 Å². The van der Waals surface area contributed by atoms with Gasteiger partial charge in [0.05, 0.1) is 7.11 Å². The van der Waals surface area contributed by atoms with Crippen LogP contribution in [0.4, 0.5) is 0 Å². The van der Waals surface area contributed by atoms with Crippen LogP contribution < -0.4 is 10.1 Å². The van der Waals surface area contributed by atoms with Crippen molar-refractivity contribution in [3.8, 4) is 5.75 Å². The van der Waals surface area contributed by atoms with Gasteiger partial charge in [0.2, 0.25) is 0 Å². The van der Waals surface area contributed by atoms with Crippen molar-refractivity contribution in [3.05, 3.63) is 29.8 Å². The van der Waals surface area contributed by atoms with E-state index in [9.17, 15) is 0 Å². The Morgan fingerprint density at radius 1 is 1.37 bits per heavy atom. The standard InChI is InChI=1S/C16H26N2O/c1-13(18-9-8-15(12-18)11-17-2)10-14-4-6-16(19-3)7-5-14/h4-7,13,15,17H,8-12H2,1-3H3. The molecule has 0 radical (unpaired) electrons. The van der Waals surface area contributed by atoms with E-state index in [1.807, 2.05) is 7.05 Å². The van der Waals surface area contributed by atoms with Crippen LogP contribution in [0.15, 0.2) is 24.3 Å². The summed E-state index contributed by atoms with van der Waals surface area (Å²) in [7, 11) is 3.76. The molecule has 1 N–H and O–H groups in total. The molecule has 0 bridgehead atoms. The molecule has 1 aromatic carbocycles. The van der Waals surface area contributed by atoms with E-state index < -0.39 is 0 Å². The Morgan fingerprint density at radius 3 is 2.74 bits per heavy atom. The van der Waals surface area contributed by atoms with Gasteiger partial charge in [0.1, 0.15) is 5.75 Å². The highest BCUT2D eigenvalue weighted by Gasteiger charge is 2.25. The molecule has 1 heterocycles. The fraction of sp³-hybridized carbons (Fsp3) is 0.625. The molecule has 3 heteroatoms. The average Bonchev–Trinajstić information content (AvgIpc) is 2.89. The Kier molecular flexibility index (Phi) is 5.23. The van der Waals surface area contributed by atoms with Gasteiger partial charge in [-0.05, 0) is 63.5 Å². The third-order valence-corrected chi connectivity index (χ3v) is 4.12. The minimum atomic E-state index is 0.621. The van der Waals surface area contributed by atoms with Gasteiger partial charge >= 0.3 is 0 Å². The number of methoxy groups -OCH3 is 1. The molecular formula is C16H26N2O. The van der Waals surface area contributed by atoms with Gasteiger partial charge in [-0.3, -0.25) is 4.90 Å². The lowest BCUT2D eigenvalue weighted by Crippen LogP contribution is -2.33. The predicted molar refractivity (Wildman–Crippen MR) is 79.8 cm³/mol. The SMILES string of the molecule is CNCC1CCN(C(C)Cc2ccc(OC)cc2)C1. The number of hydrogen-bond donors (Lipinski definition) is 1. The number of nitrogens with one attached hydrogen (secondary N) is 1. The molecule has 2 unspecified atom stereocenters. The van der Waals surface area contributed by atoms with Crippen molar-refractivity contribution in [2.24, 2.45) is 5.92 Å². The van der Waals surface area contributed by atoms with Crippen LogP contribution in [0.5, 0.6) is 5.75 Å². The van der Waals surface area contributed by atoms with Gasteiger partial charge in [-0.2, -0.15) is 0 Å². The number of ether oxygens (including phenoxy) is 1. The molecule has 1 aromatic rings. The van der Waals surface area contributed by atoms with Gasteiger partial charge in [0.15, 0.2) is 0 Å². The lowest BCUT2D eigenvalue weighted by atomic mass is 10.1. The summed E-state index contributed by atoms with van der Waals surface area (Å²) in [5.41, 5.74) is 1.39. The summed E-state index contributed by atoms with van der Waals surface area (Å²) in [6.07, 6.45) is 2.45. The summed E-state index contributed by atoms with van der Waals surface area (Å²) in [6, 6.07) is 9.08. The van der Waals surface area contributed by atoms with Crippen molar-refractivity contribution in [2.45, 2.75) is 25.8 Å². The maximum atomic E-state index is 5.20. The van der Waals surface area contributed by atoms with E-state index in [0.29, 0.717) is 6.04 Å². The lowest BCUT2D eigenvalue weighted by Gasteiger charge is -2.24. The number of hydrogen-bond acceptors (Lipinski definition) is 3. The Bertz CT molecular complexity index is 377. The van der Waals surface area contributed by atoms with E-state index in [-0.39, 0.29) is 0 Å². The Morgan fingerprint density at radius 2 is 2.11 bits per heavy atom. The Hall–Kier alpha value is -1.06. The van der Waals surface area contributed by atoms with Crippen molar-refractivity contribution in [2.75, 3.05) is 33.8 Å². The zero-order valence-electron chi connectivity index (χ0n) is 12.4. The van der Waals surface area contributed by atoms with Crippen LogP contribution in [0.2, 0.25) is 0 Å². The molecule has 106 valence electrons. The van der Waals surface area contributed by atoms with Crippen LogP contribution in [-0.4, -0.2) is 44.7 Å². The Balaban J connectivity index is 1.85. The molecule has 2 atom stereocenters. The van der Waals surface area contributed by atoms with Crippen LogP contribution in [0.3, 0.4) is 0 Å². The van der Waals surface area contributed by atoms with Gasteiger partial charge in [-0.25, -0.2) is 0 Å². The smallest absolute Gasteiger partial charge is 0.118 e. The molecule has 3 nitrogen and oxygen atoms in total. The molecule has 2 rings (SSSR count). The second-order valence-corrected chi connectivity index (χ2v) is 5.61. The first kappa shape index (κ1) is 14.4. The van der Waals surface area contributed by atoms with E-state index in [4.69, 9.17) is 4.74 Å². The molecule has 1 fully saturated rings. The molecule has 1 saturated heterocycles. The molecule has 1 aliphatic heterocycles. The zero-order valence-corrected chi connectivity index (χ0v) is 12.4. The number of likely N-dealkylation sites (tertiary alicyclic amines) is 1. The predicted octanol–water partition coefficient (Wildman–Crippen LogP) is 2.17. The average molecular weight is 262 g/mol. The van der Waals surface area contributed by atoms with Crippen LogP contribution >= 0.6 is 0 Å². The third kappa shape index (κ3) is 3.95. The third-order valence-electron chi connectivity index (χ3n) is 4.12. The first-order chi connectivity index (χ1) is 9.22. The van der Waals surface area contributed by atoms with Crippen LogP contribution in [-0.2, 0) is 6.42 Å². The summed E-state index contributed by atoms with van der Waals surface area (Å²) in [5.74, 6) is 1.76. The van der Waals surface area contributed by atoms with Crippen LogP contribution in [0.1, 0.15) is 18.9 Å². The quantitative estimate of drug-likeness (QED) is 0.850. The molecule has 0 aromatic heterocycles. The van der Waals surface area contributed by atoms with Gasteiger partial charge in [-0.15, -0.1) is 0 Å². The molecule has 0 amide bonds. The largest absolute Gasteiger partial charge is 0.497 e. The van der Waals surface area contributed by atoms with Crippen LogP contribution in [0.25, 0.3) is 0 Å². The number of rotatable bonds is 6. The fourth-order valence-electron chi connectivity index (χ4n) is 2.95. The summed E-state index contributed by atoms with van der Waals surface area (Å²) >= 11 is 0. The van der Waals surface area contributed by atoms with Gasteiger partial charge in [0, 0.05) is 12.6 Å². The molecule has 0 saturated carbocycles. The van der Waals surface area contributed by atoms with E-state index in [1.165, 1.54) is 25.1 Å². The first-order valence-corrected chi connectivity index (χ1v) is 7.24. The number of nitrogens with zero attached hydrogens (tertiary/aromatic N) is 1. The highest BCUT2D eigenvalue weighted by Crippen LogP contribution is 2.20. The van der Waals surface area contributed by atoms with Gasteiger partial charge in [-0.1, -0.05) is 12.1 Å². The van der Waals surface area contributed by atoms with Crippen molar-refractivity contribution < 1.29 is 4.74 Å². The van der Waals surface area contributed by atoms with E-state index in [1.54, 1.807) is 7.11 Å². The zero-order chi connectivity index (χ0) is 13.7. The topological polar surface area (TPSA) is 24.5 Å². The van der Waals surface area contributed by atoms with Crippen molar-refractivity contribution in [3.63, 3.8) is 0 Å². The molecular weight excluding hydrogens is 236 g/mol. The van der Waals surface area contributed by atoms with E-state index in [2.05, 4.69) is 41.4 Å². The minimum Gasteiger partial charge on any atom is -0.497 e. The molecule has 0 aliphatic carbocycles. The van der Waals surface area contributed by atoms with E-state index in [0.717, 1.165) is 24.6 Å². The second kappa shape index (κ2) is 6.92. The highest BCUT2D eigenvalue weighted by atomic mass is 16.5. The maximum Gasteiger partial charge on any atom is 0.118 e. The van der Waals surface area contributed by atoms with Crippen molar-refractivity contribution in [1.82, 2.24) is 10.2 Å². The maximum absolute atomic E-state index is 5.20. The minimum absolute atomic E-state index is 0.621. The van der Waals surface area contributed by atoms with E-state index >= 15 is 0 Å². The van der Waals surface area contributed by atoms with Gasteiger partial charge < -0.3 is 10.1 Å². The fourth-order valence-corrected chi connectivity index (χ4v) is 2.95. The lowest BCUT2D eigenvalue weighted by molar-refractivity contribution is 0.247. The van der Waals surface area contributed by atoms with Crippen molar-refractivity contribution >= 4 is 0 Å². The summed E-state index contributed by atoms with van der Waals surface area (Å²) in [6.45, 7) is 5.96. The Labute approximate surface area is 116 Å². The highest BCUT2D eigenvalue weighted by molar-refractivity contribution is 5.27. The first-order valence-electron chi connectivity index (χ1n) is 7.24. The van der Waals surface area contributed by atoms with Crippen molar-refractivity contribution in [1.29, 1.82) is 0 Å². The normalized spacial score (nSPS) is 21.5. The summed E-state index contributed by atoms with van der Waals surface area (Å²) in [5, 5.41) is 3.29. The molecule has 0 spiro atoms. The van der Waals surface area contributed by atoms with Gasteiger partial charge in [0.25, 0.3) is 0 Å². The molecule has 1 aliphatic rings. The molecule has 19 heavy (non-hydrogen) atoms. The monoisotopic (exact) mass is 262 g/mol. The number of benzene rings is 1. The summed E-state index contributed by atoms with van der Waals surface area (Å²) in [4.78, 5) is 2.62. The summed E-state index contributed by atoms with van der Waals surface area (Å²) < 4.78 is 5.20. The second-order valence-electron chi connectivity index (χ2n) is 5.61.